The van der Waals surface area contributed by atoms with Gasteiger partial charge in [0, 0.05) is 18.2 Å². The zero-order valence-corrected chi connectivity index (χ0v) is 12.4. The molecule has 6 heteroatoms. The third-order valence-corrected chi connectivity index (χ3v) is 4.11. The van der Waals surface area contributed by atoms with Crippen LogP contribution in [0.25, 0.3) is 0 Å². The maximum Gasteiger partial charge on any atom is 0.256 e. The van der Waals surface area contributed by atoms with Gasteiger partial charge in [-0.15, -0.1) is 0 Å². The van der Waals surface area contributed by atoms with Crippen molar-refractivity contribution in [2.45, 2.75) is 19.3 Å². The van der Waals surface area contributed by atoms with Crippen LogP contribution in [0.5, 0.6) is 11.5 Å². The van der Waals surface area contributed by atoms with Crippen molar-refractivity contribution in [2.75, 3.05) is 18.5 Å². The summed E-state index contributed by atoms with van der Waals surface area (Å²) in [5.74, 6) is 1.94. The molecule has 1 N–H and O–H groups in total. The van der Waals surface area contributed by atoms with Crippen LogP contribution in [0.2, 0.25) is 0 Å². The van der Waals surface area contributed by atoms with Crippen molar-refractivity contribution < 1.29 is 14.3 Å². The number of rotatable bonds is 2. The first-order valence-electron chi connectivity index (χ1n) is 7.48. The van der Waals surface area contributed by atoms with E-state index in [2.05, 4.69) is 10.4 Å². The van der Waals surface area contributed by atoms with Crippen LogP contribution in [0.3, 0.4) is 0 Å². The summed E-state index contributed by atoms with van der Waals surface area (Å²) in [5, 5.41) is 7.44. The molecule has 0 fully saturated rings. The number of fused-ring (bicyclic) bond motifs is 2. The van der Waals surface area contributed by atoms with Crippen LogP contribution >= 0.6 is 0 Å². The fraction of sp³-hybridized carbons (Fsp3) is 0.375. The minimum Gasteiger partial charge on any atom is -0.486 e. The Kier molecular flexibility index (Phi) is 3.03. The van der Waals surface area contributed by atoms with Crippen molar-refractivity contribution in [2.24, 2.45) is 7.05 Å². The van der Waals surface area contributed by atoms with Gasteiger partial charge in [0.2, 0.25) is 0 Å². The molecule has 0 atom stereocenters. The Bertz CT molecular complexity index is 751. The van der Waals surface area contributed by atoms with E-state index in [4.69, 9.17) is 9.47 Å². The maximum absolute atomic E-state index is 12.5. The first kappa shape index (κ1) is 13.2. The van der Waals surface area contributed by atoms with Crippen molar-refractivity contribution in [1.29, 1.82) is 0 Å². The van der Waals surface area contributed by atoms with Crippen LogP contribution in [0.15, 0.2) is 18.2 Å². The molecule has 0 radical (unpaired) electrons. The highest BCUT2D eigenvalue weighted by atomic mass is 16.6. The maximum atomic E-state index is 12.5. The number of nitrogens with one attached hydrogen (secondary N) is 1. The van der Waals surface area contributed by atoms with Gasteiger partial charge >= 0.3 is 0 Å². The second kappa shape index (κ2) is 5.05. The molecule has 1 amide bonds. The molecule has 2 heterocycles. The number of anilines is 1. The number of hydrogen-bond acceptors (Lipinski definition) is 4. The molecule has 1 aliphatic heterocycles. The third kappa shape index (κ3) is 2.11. The lowest BCUT2D eigenvalue weighted by Gasteiger charge is -2.18. The van der Waals surface area contributed by atoms with E-state index in [-0.39, 0.29) is 5.91 Å². The Hall–Kier alpha value is -2.50. The average molecular weight is 299 g/mol. The van der Waals surface area contributed by atoms with Gasteiger partial charge in [0.05, 0.1) is 5.69 Å². The molecule has 6 nitrogen and oxygen atoms in total. The fourth-order valence-electron chi connectivity index (χ4n) is 3.04. The molecule has 1 aliphatic carbocycles. The number of aromatic nitrogens is 2. The van der Waals surface area contributed by atoms with Gasteiger partial charge in [0.1, 0.15) is 19.0 Å². The molecular formula is C16H17N3O3. The summed E-state index contributed by atoms with van der Waals surface area (Å²) in [7, 11) is 1.86. The van der Waals surface area contributed by atoms with Crippen LogP contribution < -0.4 is 14.8 Å². The summed E-state index contributed by atoms with van der Waals surface area (Å²) < 4.78 is 12.7. The lowest BCUT2D eigenvalue weighted by atomic mass is 10.1. The van der Waals surface area contributed by atoms with Gasteiger partial charge in [0.25, 0.3) is 5.91 Å². The number of carbonyl (C=O) groups is 1. The molecule has 0 bridgehead atoms. The highest BCUT2D eigenvalue weighted by Gasteiger charge is 2.23. The fourth-order valence-corrected chi connectivity index (χ4v) is 3.04. The van der Waals surface area contributed by atoms with Gasteiger partial charge in [0.15, 0.2) is 11.5 Å². The van der Waals surface area contributed by atoms with Crippen molar-refractivity contribution in [3.05, 3.63) is 35.0 Å². The van der Waals surface area contributed by atoms with Crippen LogP contribution in [0, 0.1) is 0 Å². The lowest BCUT2D eigenvalue weighted by molar-refractivity contribution is 0.102. The summed E-state index contributed by atoms with van der Waals surface area (Å²) in [6.07, 6.45) is 3.06. The molecule has 22 heavy (non-hydrogen) atoms. The Labute approximate surface area is 128 Å². The summed E-state index contributed by atoms with van der Waals surface area (Å²) in [6, 6.07) is 5.25. The largest absolute Gasteiger partial charge is 0.486 e. The second-order valence-electron chi connectivity index (χ2n) is 5.56. The monoisotopic (exact) mass is 299 g/mol. The van der Waals surface area contributed by atoms with Crippen molar-refractivity contribution in [3.8, 4) is 11.5 Å². The van der Waals surface area contributed by atoms with Crippen molar-refractivity contribution in [1.82, 2.24) is 9.78 Å². The average Bonchev–Trinajstić information content (AvgIpc) is 3.09. The minimum atomic E-state index is -0.158. The highest BCUT2D eigenvalue weighted by Crippen LogP contribution is 2.32. The highest BCUT2D eigenvalue weighted by molar-refractivity contribution is 6.04. The van der Waals surface area contributed by atoms with E-state index in [0.717, 1.165) is 36.3 Å². The molecule has 0 unspecified atom stereocenters. The zero-order chi connectivity index (χ0) is 15.1. The van der Waals surface area contributed by atoms with Crippen LogP contribution in [0.4, 0.5) is 5.82 Å². The number of aryl methyl sites for hydroxylation is 2. The van der Waals surface area contributed by atoms with E-state index < -0.39 is 0 Å². The molecule has 4 rings (SSSR count). The summed E-state index contributed by atoms with van der Waals surface area (Å²) in [5.41, 5.74) is 2.81. The van der Waals surface area contributed by atoms with Gasteiger partial charge in [-0.25, -0.2) is 0 Å². The molecule has 0 spiro atoms. The zero-order valence-electron chi connectivity index (χ0n) is 12.4. The first-order valence-corrected chi connectivity index (χ1v) is 7.48. The Balaban J connectivity index is 1.60. The predicted octanol–water partition coefficient (Wildman–Crippen LogP) is 1.93. The topological polar surface area (TPSA) is 65.4 Å². The van der Waals surface area contributed by atoms with Crippen molar-refractivity contribution in [3.63, 3.8) is 0 Å². The Morgan fingerprint density at radius 3 is 2.91 bits per heavy atom. The lowest BCUT2D eigenvalue weighted by Crippen LogP contribution is -2.18. The number of carbonyl (C=O) groups excluding carboxylic acids is 1. The molecule has 1 aromatic carbocycles. The number of nitrogens with zero attached hydrogens (tertiary/aromatic N) is 2. The van der Waals surface area contributed by atoms with E-state index in [1.165, 1.54) is 0 Å². The predicted molar refractivity (Wildman–Crippen MR) is 80.6 cm³/mol. The van der Waals surface area contributed by atoms with Crippen LogP contribution in [-0.4, -0.2) is 28.9 Å². The summed E-state index contributed by atoms with van der Waals surface area (Å²) in [4.78, 5) is 12.5. The third-order valence-electron chi connectivity index (χ3n) is 4.11. The number of amides is 1. The Morgan fingerprint density at radius 1 is 1.23 bits per heavy atom. The molecule has 2 aromatic rings. The second-order valence-corrected chi connectivity index (χ2v) is 5.56. The number of benzene rings is 1. The first-order chi connectivity index (χ1) is 10.7. The number of ether oxygens (including phenoxy) is 2. The van der Waals surface area contributed by atoms with Crippen LogP contribution in [0.1, 0.15) is 28.0 Å². The standard InChI is InChI=1S/C16H17N3O3/c1-19-15(11-3-2-4-12(11)18-19)17-16(20)10-5-6-13-14(9-10)22-8-7-21-13/h5-6,9H,2-4,7-8H2,1H3,(H,17,20). The van der Waals surface area contributed by atoms with E-state index >= 15 is 0 Å². The summed E-state index contributed by atoms with van der Waals surface area (Å²) >= 11 is 0. The molecule has 2 aliphatic rings. The van der Waals surface area contributed by atoms with E-state index in [0.29, 0.717) is 30.3 Å². The summed E-state index contributed by atoms with van der Waals surface area (Å²) in [6.45, 7) is 1.05. The van der Waals surface area contributed by atoms with E-state index in [1.54, 1.807) is 22.9 Å². The van der Waals surface area contributed by atoms with Gasteiger partial charge in [-0.1, -0.05) is 0 Å². The molecular weight excluding hydrogens is 282 g/mol. The van der Waals surface area contributed by atoms with Gasteiger partial charge in [-0.2, -0.15) is 5.10 Å². The van der Waals surface area contributed by atoms with Gasteiger partial charge in [-0.3, -0.25) is 9.48 Å². The molecule has 114 valence electrons. The minimum absolute atomic E-state index is 0.158. The normalized spacial score (nSPS) is 15.5. The quantitative estimate of drug-likeness (QED) is 0.920. The molecule has 1 aromatic heterocycles. The van der Waals surface area contributed by atoms with Crippen molar-refractivity contribution >= 4 is 11.7 Å². The number of hydrogen-bond donors (Lipinski definition) is 1. The SMILES string of the molecule is Cn1nc2c(c1NC(=O)c1ccc3c(c1)OCCO3)CCC2. The van der Waals surface area contributed by atoms with E-state index in [1.807, 2.05) is 7.05 Å². The van der Waals surface area contributed by atoms with E-state index in [9.17, 15) is 4.79 Å². The van der Waals surface area contributed by atoms with Crippen LogP contribution in [-0.2, 0) is 19.9 Å². The van der Waals surface area contributed by atoms with Gasteiger partial charge < -0.3 is 14.8 Å². The Morgan fingerprint density at radius 2 is 2.05 bits per heavy atom. The van der Waals surface area contributed by atoms with Gasteiger partial charge in [-0.05, 0) is 37.5 Å². The smallest absolute Gasteiger partial charge is 0.256 e. The molecule has 0 saturated heterocycles. The molecule has 0 saturated carbocycles.